The molecular formula is C24H22Cl2N2O5S. The van der Waals surface area contributed by atoms with Gasteiger partial charge >= 0.3 is 5.97 Å². The molecular weight excluding hydrogens is 499 g/mol. The van der Waals surface area contributed by atoms with E-state index < -0.39 is 28.4 Å². The lowest BCUT2D eigenvalue weighted by Crippen LogP contribution is -2.37. The van der Waals surface area contributed by atoms with E-state index in [4.69, 9.17) is 27.9 Å². The van der Waals surface area contributed by atoms with E-state index in [2.05, 4.69) is 5.32 Å². The molecule has 0 aliphatic carbocycles. The van der Waals surface area contributed by atoms with Crippen molar-refractivity contribution in [3.05, 3.63) is 93.5 Å². The molecule has 0 radical (unpaired) electrons. The summed E-state index contributed by atoms with van der Waals surface area (Å²) >= 11 is 12.1. The molecule has 0 saturated carbocycles. The molecule has 0 aliphatic heterocycles. The van der Waals surface area contributed by atoms with Gasteiger partial charge in [0.05, 0.1) is 39.8 Å². The Labute approximate surface area is 208 Å². The Hall–Kier alpha value is -2.91. The van der Waals surface area contributed by atoms with Gasteiger partial charge in [-0.3, -0.25) is 4.79 Å². The number of nitrogens with zero attached hydrogens (tertiary/aromatic N) is 1. The largest absolute Gasteiger partial charge is 0.465 e. The zero-order chi connectivity index (χ0) is 24.9. The highest BCUT2D eigenvalue weighted by Crippen LogP contribution is 2.25. The summed E-state index contributed by atoms with van der Waals surface area (Å²) in [6.45, 7) is 1.21. The molecule has 0 aromatic heterocycles. The first-order valence-corrected chi connectivity index (χ1v) is 12.3. The minimum atomic E-state index is -4.05. The molecule has 0 atom stereocenters. The van der Waals surface area contributed by atoms with Gasteiger partial charge in [0.2, 0.25) is 15.9 Å². The first-order chi connectivity index (χ1) is 16.1. The summed E-state index contributed by atoms with van der Waals surface area (Å²) in [7, 11) is -2.82. The molecule has 178 valence electrons. The van der Waals surface area contributed by atoms with E-state index in [0.29, 0.717) is 10.6 Å². The standard InChI is InChI=1S/C24H22Cl2N2O5S/c1-16-7-10-18(11-8-16)34(31,32)28(14-17-9-12-20(25)21(26)13-17)15-23(29)27-22-6-4-3-5-19(22)24(30)33-2/h3-13H,14-15H2,1-2H3,(H,27,29). The number of ether oxygens (including phenoxy) is 1. The molecule has 1 amide bonds. The number of sulfonamides is 1. The summed E-state index contributed by atoms with van der Waals surface area (Å²) in [6, 6.07) is 17.4. The lowest BCUT2D eigenvalue weighted by molar-refractivity contribution is -0.116. The molecule has 3 rings (SSSR count). The Morgan fingerprint density at radius 1 is 0.971 bits per heavy atom. The van der Waals surface area contributed by atoms with Crippen molar-refractivity contribution in [3.63, 3.8) is 0 Å². The third kappa shape index (κ3) is 6.15. The van der Waals surface area contributed by atoms with Gasteiger partial charge in [0.1, 0.15) is 0 Å². The number of hydrogen-bond acceptors (Lipinski definition) is 5. The van der Waals surface area contributed by atoms with Crippen LogP contribution in [0.1, 0.15) is 21.5 Å². The smallest absolute Gasteiger partial charge is 0.339 e. The minimum absolute atomic E-state index is 0.0425. The number of carbonyl (C=O) groups excluding carboxylic acids is 2. The molecule has 34 heavy (non-hydrogen) atoms. The Bertz CT molecular complexity index is 1310. The third-order valence-corrected chi connectivity index (χ3v) is 7.47. The van der Waals surface area contributed by atoms with Crippen molar-refractivity contribution in [2.75, 3.05) is 19.0 Å². The maximum atomic E-state index is 13.4. The van der Waals surface area contributed by atoms with E-state index in [-0.39, 0.29) is 27.7 Å². The first-order valence-electron chi connectivity index (χ1n) is 10.1. The highest BCUT2D eigenvalue weighted by Gasteiger charge is 2.27. The average Bonchev–Trinajstić information content (AvgIpc) is 2.81. The van der Waals surface area contributed by atoms with Gasteiger partial charge < -0.3 is 10.1 Å². The first kappa shape index (κ1) is 25.7. The summed E-state index contributed by atoms with van der Waals surface area (Å²) in [5.74, 6) is -1.26. The average molecular weight is 521 g/mol. The van der Waals surface area contributed by atoms with E-state index in [0.717, 1.165) is 9.87 Å². The fourth-order valence-electron chi connectivity index (χ4n) is 3.16. The maximum Gasteiger partial charge on any atom is 0.339 e. The highest BCUT2D eigenvalue weighted by atomic mass is 35.5. The van der Waals surface area contributed by atoms with E-state index in [9.17, 15) is 18.0 Å². The third-order valence-electron chi connectivity index (χ3n) is 4.93. The van der Waals surface area contributed by atoms with Crippen molar-refractivity contribution in [1.29, 1.82) is 0 Å². The number of para-hydroxylation sites is 1. The van der Waals surface area contributed by atoms with Crippen molar-refractivity contribution in [2.24, 2.45) is 0 Å². The number of rotatable bonds is 8. The van der Waals surface area contributed by atoms with Gasteiger partial charge in [0.25, 0.3) is 0 Å². The number of anilines is 1. The number of esters is 1. The number of nitrogens with one attached hydrogen (secondary N) is 1. The highest BCUT2D eigenvalue weighted by molar-refractivity contribution is 7.89. The SMILES string of the molecule is COC(=O)c1ccccc1NC(=O)CN(Cc1ccc(Cl)c(Cl)c1)S(=O)(=O)c1ccc(C)cc1. The quantitative estimate of drug-likeness (QED) is 0.425. The number of amides is 1. The number of benzene rings is 3. The van der Waals surface area contributed by atoms with Crippen molar-refractivity contribution < 1.29 is 22.7 Å². The van der Waals surface area contributed by atoms with Crippen LogP contribution in [0.25, 0.3) is 0 Å². The summed E-state index contributed by atoms with van der Waals surface area (Å²) in [6.07, 6.45) is 0. The van der Waals surface area contributed by atoms with Gasteiger partial charge in [-0.2, -0.15) is 4.31 Å². The predicted octanol–water partition coefficient (Wildman–Crippen LogP) is 4.92. The number of aryl methyl sites for hydroxylation is 1. The van der Waals surface area contributed by atoms with E-state index in [1.54, 1.807) is 42.5 Å². The van der Waals surface area contributed by atoms with Crippen molar-refractivity contribution in [2.45, 2.75) is 18.4 Å². The van der Waals surface area contributed by atoms with E-state index in [1.165, 1.54) is 31.4 Å². The molecule has 0 aliphatic rings. The topological polar surface area (TPSA) is 92.8 Å². The second-order valence-corrected chi connectivity index (χ2v) is 10.2. The monoisotopic (exact) mass is 520 g/mol. The van der Waals surface area contributed by atoms with Crippen molar-refractivity contribution >= 4 is 50.8 Å². The molecule has 0 bridgehead atoms. The summed E-state index contributed by atoms with van der Waals surface area (Å²) in [4.78, 5) is 25.0. The van der Waals surface area contributed by atoms with Crippen LogP contribution in [0.5, 0.6) is 0 Å². The molecule has 7 nitrogen and oxygen atoms in total. The van der Waals surface area contributed by atoms with Gasteiger partial charge in [-0.25, -0.2) is 13.2 Å². The predicted molar refractivity (Wildman–Crippen MR) is 132 cm³/mol. The lowest BCUT2D eigenvalue weighted by atomic mass is 10.2. The summed E-state index contributed by atoms with van der Waals surface area (Å²) in [5.41, 5.74) is 1.80. The van der Waals surface area contributed by atoms with Gasteiger partial charge in [-0.05, 0) is 48.9 Å². The van der Waals surface area contributed by atoms with E-state index in [1.807, 2.05) is 6.92 Å². The second kappa shape index (κ2) is 11.0. The minimum Gasteiger partial charge on any atom is -0.465 e. The Morgan fingerprint density at radius 2 is 1.65 bits per heavy atom. The fourth-order valence-corrected chi connectivity index (χ4v) is 4.86. The van der Waals surface area contributed by atoms with Crippen LogP contribution in [0.15, 0.2) is 71.6 Å². The lowest BCUT2D eigenvalue weighted by Gasteiger charge is -2.22. The molecule has 3 aromatic rings. The number of halogens is 2. The molecule has 0 unspecified atom stereocenters. The van der Waals surface area contributed by atoms with Gasteiger partial charge in [0, 0.05) is 6.54 Å². The van der Waals surface area contributed by atoms with Crippen LogP contribution in [0, 0.1) is 6.92 Å². The molecule has 3 aromatic carbocycles. The van der Waals surface area contributed by atoms with Gasteiger partial charge in [0.15, 0.2) is 0 Å². The zero-order valence-electron chi connectivity index (χ0n) is 18.4. The molecule has 1 N–H and O–H groups in total. The number of hydrogen-bond donors (Lipinski definition) is 1. The maximum absolute atomic E-state index is 13.4. The van der Waals surface area contributed by atoms with Crippen LogP contribution in [0.3, 0.4) is 0 Å². The fraction of sp³-hybridized carbons (Fsp3) is 0.167. The molecule has 0 heterocycles. The number of methoxy groups -OCH3 is 1. The summed E-state index contributed by atoms with van der Waals surface area (Å²) in [5, 5.41) is 3.20. The van der Waals surface area contributed by atoms with Crippen LogP contribution in [-0.4, -0.2) is 38.3 Å². The number of carbonyl (C=O) groups is 2. The normalized spacial score (nSPS) is 11.3. The molecule has 0 spiro atoms. The van der Waals surface area contributed by atoms with Crippen molar-refractivity contribution in [1.82, 2.24) is 4.31 Å². The molecule has 0 fully saturated rings. The second-order valence-electron chi connectivity index (χ2n) is 7.42. The van der Waals surface area contributed by atoms with Crippen LogP contribution >= 0.6 is 23.2 Å². The molecule has 10 heteroatoms. The van der Waals surface area contributed by atoms with E-state index >= 15 is 0 Å². The van der Waals surface area contributed by atoms with Crippen LogP contribution in [-0.2, 0) is 26.1 Å². The van der Waals surface area contributed by atoms with Gasteiger partial charge in [-0.1, -0.05) is 59.1 Å². The van der Waals surface area contributed by atoms with Crippen LogP contribution < -0.4 is 5.32 Å². The van der Waals surface area contributed by atoms with Crippen LogP contribution in [0.2, 0.25) is 10.0 Å². The van der Waals surface area contributed by atoms with Crippen LogP contribution in [0.4, 0.5) is 5.69 Å². The summed E-state index contributed by atoms with van der Waals surface area (Å²) < 4.78 is 32.6. The Balaban J connectivity index is 1.92. The Morgan fingerprint density at radius 3 is 2.29 bits per heavy atom. The van der Waals surface area contributed by atoms with Gasteiger partial charge in [-0.15, -0.1) is 0 Å². The Kier molecular flexibility index (Phi) is 8.33. The zero-order valence-corrected chi connectivity index (χ0v) is 20.7. The van der Waals surface area contributed by atoms with Crippen molar-refractivity contribution in [3.8, 4) is 0 Å². The molecule has 0 saturated heterocycles.